The first kappa shape index (κ1) is 18.3. The summed E-state index contributed by atoms with van der Waals surface area (Å²) < 4.78 is 14.2. The van der Waals surface area contributed by atoms with Gasteiger partial charge in [0.15, 0.2) is 5.13 Å². The molecular weight excluding hydrogens is 373 g/mol. The molecule has 0 fully saturated rings. The van der Waals surface area contributed by atoms with Gasteiger partial charge in [-0.1, -0.05) is 35.6 Å². The highest BCUT2D eigenvalue weighted by molar-refractivity contribution is 7.22. The minimum Gasteiger partial charge on any atom is -0.283 e. The van der Waals surface area contributed by atoms with E-state index in [1.54, 1.807) is 29.4 Å². The van der Waals surface area contributed by atoms with Crippen molar-refractivity contribution in [3.05, 3.63) is 89.5 Å². The SMILES string of the molecule is Cc1cccc2sc(N(Cc3ccncc3)C(=O)Cc3ccc(F)cc3)nc12. The zero-order chi connectivity index (χ0) is 19.5. The summed E-state index contributed by atoms with van der Waals surface area (Å²) in [4.78, 5) is 23.6. The lowest BCUT2D eigenvalue weighted by atomic mass is 10.1. The van der Waals surface area contributed by atoms with E-state index >= 15 is 0 Å². The van der Waals surface area contributed by atoms with Gasteiger partial charge < -0.3 is 0 Å². The van der Waals surface area contributed by atoms with E-state index in [9.17, 15) is 9.18 Å². The van der Waals surface area contributed by atoms with Crippen molar-refractivity contribution in [1.29, 1.82) is 0 Å². The van der Waals surface area contributed by atoms with E-state index in [-0.39, 0.29) is 18.1 Å². The summed E-state index contributed by atoms with van der Waals surface area (Å²) in [6, 6.07) is 15.8. The number of pyridine rings is 1. The first-order valence-electron chi connectivity index (χ1n) is 8.90. The number of carbonyl (C=O) groups is 1. The second-order valence-corrected chi connectivity index (χ2v) is 7.57. The number of hydrogen-bond acceptors (Lipinski definition) is 4. The Labute approximate surface area is 166 Å². The van der Waals surface area contributed by atoms with Gasteiger partial charge in [0, 0.05) is 12.4 Å². The van der Waals surface area contributed by atoms with Gasteiger partial charge >= 0.3 is 0 Å². The van der Waals surface area contributed by atoms with Gasteiger partial charge in [-0.2, -0.15) is 0 Å². The monoisotopic (exact) mass is 391 g/mol. The zero-order valence-electron chi connectivity index (χ0n) is 15.3. The van der Waals surface area contributed by atoms with Crippen LogP contribution >= 0.6 is 11.3 Å². The lowest BCUT2D eigenvalue weighted by Gasteiger charge is -2.20. The summed E-state index contributed by atoms with van der Waals surface area (Å²) in [5.74, 6) is -0.397. The van der Waals surface area contributed by atoms with Crippen molar-refractivity contribution in [2.45, 2.75) is 19.9 Å². The van der Waals surface area contributed by atoms with Crippen LogP contribution in [0.4, 0.5) is 9.52 Å². The van der Waals surface area contributed by atoms with E-state index < -0.39 is 0 Å². The zero-order valence-corrected chi connectivity index (χ0v) is 16.1. The molecule has 2 aromatic heterocycles. The lowest BCUT2D eigenvalue weighted by molar-refractivity contribution is -0.118. The topological polar surface area (TPSA) is 46.1 Å². The van der Waals surface area contributed by atoms with Crippen molar-refractivity contribution in [2.75, 3.05) is 4.90 Å². The smallest absolute Gasteiger partial charge is 0.233 e. The summed E-state index contributed by atoms with van der Waals surface area (Å²) in [5.41, 5.74) is 3.73. The van der Waals surface area contributed by atoms with Crippen molar-refractivity contribution in [3.63, 3.8) is 0 Å². The van der Waals surface area contributed by atoms with Crippen molar-refractivity contribution in [1.82, 2.24) is 9.97 Å². The van der Waals surface area contributed by atoms with Crippen LogP contribution < -0.4 is 4.90 Å². The van der Waals surface area contributed by atoms with E-state index in [4.69, 9.17) is 4.98 Å². The predicted octanol–water partition coefficient (Wildman–Crippen LogP) is 4.91. The van der Waals surface area contributed by atoms with E-state index in [0.717, 1.165) is 26.9 Å². The van der Waals surface area contributed by atoms with Gasteiger partial charge in [-0.25, -0.2) is 9.37 Å². The van der Waals surface area contributed by atoms with Crippen LogP contribution in [-0.4, -0.2) is 15.9 Å². The van der Waals surface area contributed by atoms with Crippen LogP contribution in [0.25, 0.3) is 10.2 Å². The number of rotatable bonds is 5. The Kier molecular flexibility index (Phi) is 5.12. The molecule has 28 heavy (non-hydrogen) atoms. The highest BCUT2D eigenvalue weighted by Gasteiger charge is 2.21. The Balaban J connectivity index is 1.69. The predicted molar refractivity (Wildman–Crippen MR) is 110 cm³/mol. The van der Waals surface area contributed by atoms with Gasteiger partial charge in [0.25, 0.3) is 0 Å². The van der Waals surface area contributed by atoms with Crippen LogP contribution in [0.3, 0.4) is 0 Å². The molecule has 140 valence electrons. The molecule has 2 heterocycles. The molecule has 0 spiro atoms. The molecule has 0 saturated heterocycles. The highest BCUT2D eigenvalue weighted by Crippen LogP contribution is 2.31. The normalized spacial score (nSPS) is 10.9. The fourth-order valence-electron chi connectivity index (χ4n) is 3.00. The number of aryl methyl sites for hydroxylation is 1. The molecule has 0 saturated carbocycles. The number of thiazole rings is 1. The maximum Gasteiger partial charge on any atom is 0.233 e. The number of para-hydroxylation sites is 1. The molecule has 4 nitrogen and oxygen atoms in total. The number of aromatic nitrogens is 2. The third-order valence-electron chi connectivity index (χ3n) is 4.50. The average molecular weight is 391 g/mol. The van der Waals surface area contributed by atoms with E-state index in [0.29, 0.717) is 11.7 Å². The van der Waals surface area contributed by atoms with Crippen LogP contribution in [0.1, 0.15) is 16.7 Å². The van der Waals surface area contributed by atoms with E-state index in [1.165, 1.54) is 23.5 Å². The third kappa shape index (κ3) is 3.92. The number of halogens is 1. The van der Waals surface area contributed by atoms with E-state index in [2.05, 4.69) is 4.98 Å². The maximum absolute atomic E-state index is 13.2. The number of nitrogens with zero attached hydrogens (tertiary/aromatic N) is 3. The van der Waals surface area contributed by atoms with Crippen molar-refractivity contribution >= 4 is 32.6 Å². The number of anilines is 1. The number of hydrogen-bond donors (Lipinski definition) is 0. The first-order chi connectivity index (χ1) is 13.6. The minimum absolute atomic E-state index is 0.0832. The molecule has 0 radical (unpaired) electrons. The van der Waals surface area contributed by atoms with E-state index in [1.807, 2.05) is 37.3 Å². The molecule has 1 amide bonds. The quantitative estimate of drug-likeness (QED) is 0.485. The van der Waals surface area contributed by atoms with Gasteiger partial charge in [0.05, 0.1) is 23.2 Å². The first-order valence-corrected chi connectivity index (χ1v) is 9.71. The summed E-state index contributed by atoms with van der Waals surface area (Å²) in [5, 5.41) is 0.660. The largest absolute Gasteiger partial charge is 0.283 e. The molecule has 0 aliphatic heterocycles. The van der Waals surface area contributed by atoms with Crippen molar-refractivity contribution in [3.8, 4) is 0 Å². The molecule has 0 aliphatic rings. The Morgan fingerprint density at radius 2 is 1.79 bits per heavy atom. The average Bonchev–Trinajstić information content (AvgIpc) is 3.14. The Morgan fingerprint density at radius 3 is 2.50 bits per heavy atom. The van der Waals surface area contributed by atoms with Crippen LogP contribution in [0.5, 0.6) is 0 Å². The Bertz CT molecular complexity index is 1110. The third-order valence-corrected chi connectivity index (χ3v) is 5.54. The molecule has 0 unspecified atom stereocenters. The summed E-state index contributed by atoms with van der Waals surface area (Å²) >= 11 is 1.50. The lowest BCUT2D eigenvalue weighted by Crippen LogP contribution is -2.31. The fraction of sp³-hybridized carbons (Fsp3) is 0.136. The molecule has 2 aromatic carbocycles. The molecule has 0 N–H and O–H groups in total. The van der Waals surface area contributed by atoms with Crippen molar-refractivity contribution in [2.24, 2.45) is 0 Å². The highest BCUT2D eigenvalue weighted by atomic mass is 32.1. The second-order valence-electron chi connectivity index (χ2n) is 6.56. The van der Waals surface area contributed by atoms with Gasteiger partial charge in [-0.15, -0.1) is 0 Å². The molecule has 4 rings (SSSR count). The number of benzene rings is 2. The molecule has 0 aliphatic carbocycles. The van der Waals surface area contributed by atoms with Crippen LogP contribution in [0.2, 0.25) is 0 Å². The van der Waals surface area contributed by atoms with Crippen LogP contribution in [0.15, 0.2) is 67.0 Å². The standard InChI is InChI=1S/C22H18FN3OS/c1-15-3-2-4-19-21(15)25-22(28-19)26(14-17-9-11-24-12-10-17)20(27)13-16-5-7-18(23)8-6-16/h2-12H,13-14H2,1H3. The Morgan fingerprint density at radius 1 is 1.04 bits per heavy atom. The molecule has 6 heteroatoms. The fourth-order valence-corrected chi connectivity index (χ4v) is 4.06. The molecule has 4 aromatic rings. The summed E-state index contributed by atoms with van der Waals surface area (Å²) in [6.45, 7) is 2.42. The number of amides is 1. The van der Waals surface area contributed by atoms with Crippen LogP contribution in [0, 0.1) is 12.7 Å². The molecule has 0 bridgehead atoms. The van der Waals surface area contributed by atoms with Gasteiger partial charge in [0.1, 0.15) is 5.82 Å². The van der Waals surface area contributed by atoms with Gasteiger partial charge in [-0.05, 0) is 53.9 Å². The maximum atomic E-state index is 13.2. The Hall–Kier alpha value is -3.12. The molecule has 0 atom stereocenters. The molecular formula is C22H18FN3OS. The number of carbonyl (C=O) groups excluding carboxylic acids is 1. The summed E-state index contributed by atoms with van der Waals surface area (Å²) in [6.07, 6.45) is 3.60. The summed E-state index contributed by atoms with van der Waals surface area (Å²) in [7, 11) is 0. The van der Waals surface area contributed by atoms with Crippen molar-refractivity contribution < 1.29 is 9.18 Å². The number of fused-ring (bicyclic) bond motifs is 1. The van der Waals surface area contributed by atoms with Crippen LogP contribution in [-0.2, 0) is 17.8 Å². The van der Waals surface area contributed by atoms with Gasteiger partial charge in [-0.3, -0.25) is 14.7 Å². The second kappa shape index (κ2) is 7.86. The minimum atomic E-state index is -0.313. The van der Waals surface area contributed by atoms with Gasteiger partial charge in [0.2, 0.25) is 5.91 Å².